The number of fused-ring (bicyclic) bond motifs is 1. The number of nitrogens with zero attached hydrogens (tertiary/aromatic N) is 3. The van der Waals surface area contributed by atoms with Gasteiger partial charge in [-0.05, 0) is 12.1 Å². The van der Waals surface area contributed by atoms with E-state index in [-0.39, 0.29) is 5.91 Å². The van der Waals surface area contributed by atoms with Crippen molar-refractivity contribution in [1.29, 1.82) is 0 Å². The minimum atomic E-state index is -0.192. The molecule has 0 unspecified atom stereocenters. The van der Waals surface area contributed by atoms with E-state index in [1.165, 1.54) is 12.2 Å². The molecular weight excluding hydrogens is 266 g/mol. The smallest absolute Gasteiger partial charge is 0.277 e. The highest BCUT2D eigenvalue weighted by atomic mass is 16.7. The van der Waals surface area contributed by atoms with Gasteiger partial charge in [-0.3, -0.25) is 14.0 Å². The van der Waals surface area contributed by atoms with E-state index >= 15 is 0 Å². The van der Waals surface area contributed by atoms with Crippen LogP contribution in [0.1, 0.15) is 10.4 Å². The molecule has 0 N–H and O–H groups in total. The zero-order valence-electron chi connectivity index (χ0n) is 11.9. The van der Waals surface area contributed by atoms with Crippen LogP contribution < -0.4 is 0 Å². The van der Waals surface area contributed by atoms with E-state index in [1.54, 1.807) is 25.4 Å². The van der Waals surface area contributed by atoms with Gasteiger partial charge < -0.3 is 0 Å². The Hall–Kier alpha value is -2.66. The van der Waals surface area contributed by atoms with Gasteiger partial charge in [0.15, 0.2) is 0 Å². The molecule has 0 bridgehead atoms. The average molecular weight is 281 g/mol. The number of hydrogen-bond acceptors (Lipinski definition) is 3. The molecule has 106 valence electrons. The number of imidazole rings is 1. The molecule has 5 nitrogen and oxygen atoms in total. The van der Waals surface area contributed by atoms with Crippen LogP contribution in [-0.2, 0) is 4.84 Å². The maximum Gasteiger partial charge on any atom is 0.277 e. The number of amides is 1. The standard InChI is InChI=1S/C16H15N3O2/c1-18(21-2)16(20)13-8-9-19-14(10-13)11-17-15(19)12-6-4-3-5-7-12/h3-11H,1-2H3. The number of hydroxylamine groups is 2. The third kappa shape index (κ3) is 2.39. The van der Waals surface area contributed by atoms with Crippen LogP contribution in [-0.4, -0.2) is 34.5 Å². The van der Waals surface area contributed by atoms with Crippen molar-refractivity contribution in [2.75, 3.05) is 14.2 Å². The van der Waals surface area contributed by atoms with E-state index in [0.717, 1.165) is 16.9 Å². The Morgan fingerprint density at radius 2 is 2.00 bits per heavy atom. The Kier molecular flexibility index (Phi) is 3.41. The quantitative estimate of drug-likeness (QED) is 0.693. The summed E-state index contributed by atoms with van der Waals surface area (Å²) in [5, 5.41) is 1.19. The zero-order valence-corrected chi connectivity index (χ0v) is 11.9. The summed E-state index contributed by atoms with van der Waals surface area (Å²) in [7, 11) is 3.04. The maximum atomic E-state index is 12.1. The van der Waals surface area contributed by atoms with Gasteiger partial charge in [-0.15, -0.1) is 0 Å². The summed E-state index contributed by atoms with van der Waals surface area (Å²) in [5.74, 6) is 0.659. The average Bonchev–Trinajstić information content (AvgIpc) is 2.97. The molecule has 5 heteroatoms. The summed E-state index contributed by atoms with van der Waals surface area (Å²) in [6.07, 6.45) is 3.60. The first-order valence-electron chi connectivity index (χ1n) is 6.55. The lowest BCUT2D eigenvalue weighted by atomic mass is 10.2. The minimum Gasteiger partial charge on any atom is -0.300 e. The molecule has 2 heterocycles. The summed E-state index contributed by atoms with van der Waals surface area (Å²) >= 11 is 0. The van der Waals surface area contributed by atoms with Crippen molar-refractivity contribution in [1.82, 2.24) is 14.4 Å². The summed E-state index contributed by atoms with van der Waals surface area (Å²) < 4.78 is 1.96. The van der Waals surface area contributed by atoms with Crippen LogP contribution in [0.25, 0.3) is 16.9 Å². The Morgan fingerprint density at radius 3 is 2.71 bits per heavy atom. The number of carbonyl (C=O) groups is 1. The molecule has 0 radical (unpaired) electrons. The lowest BCUT2D eigenvalue weighted by molar-refractivity contribution is -0.0756. The van der Waals surface area contributed by atoms with Crippen LogP contribution in [0.5, 0.6) is 0 Å². The summed E-state index contributed by atoms with van der Waals surface area (Å²) in [6.45, 7) is 0. The fraction of sp³-hybridized carbons (Fsp3) is 0.125. The largest absolute Gasteiger partial charge is 0.300 e. The second-order valence-corrected chi connectivity index (χ2v) is 4.64. The number of hydrogen-bond donors (Lipinski definition) is 0. The lowest BCUT2D eigenvalue weighted by Gasteiger charge is -2.13. The van der Waals surface area contributed by atoms with Gasteiger partial charge in [0.25, 0.3) is 5.91 Å². The van der Waals surface area contributed by atoms with E-state index < -0.39 is 0 Å². The molecule has 0 aliphatic rings. The normalized spacial score (nSPS) is 10.8. The van der Waals surface area contributed by atoms with Crippen LogP contribution in [0, 0.1) is 0 Å². The van der Waals surface area contributed by atoms with Crippen LogP contribution >= 0.6 is 0 Å². The highest BCUT2D eigenvalue weighted by molar-refractivity contribution is 5.94. The molecular formula is C16H15N3O2. The van der Waals surface area contributed by atoms with E-state index in [0.29, 0.717) is 5.56 Å². The SMILES string of the molecule is CON(C)C(=O)c1ccn2c(-c3ccccc3)ncc2c1. The second kappa shape index (κ2) is 5.38. The molecule has 0 saturated heterocycles. The molecule has 0 aliphatic heterocycles. The molecule has 2 aromatic heterocycles. The fourth-order valence-corrected chi connectivity index (χ4v) is 2.20. The van der Waals surface area contributed by atoms with E-state index in [2.05, 4.69) is 4.98 Å². The van der Waals surface area contributed by atoms with E-state index in [9.17, 15) is 4.79 Å². The van der Waals surface area contributed by atoms with Crippen molar-refractivity contribution < 1.29 is 9.63 Å². The monoisotopic (exact) mass is 281 g/mol. The number of aromatic nitrogens is 2. The Labute approximate surface area is 122 Å². The van der Waals surface area contributed by atoms with Gasteiger partial charge in [0.1, 0.15) is 5.82 Å². The van der Waals surface area contributed by atoms with Crippen molar-refractivity contribution in [3.8, 4) is 11.4 Å². The third-order valence-electron chi connectivity index (χ3n) is 3.37. The van der Waals surface area contributed by atoms with Gasteiger partial charge in [-0.2, -0.15) is 0 Å². The van der Waals surface area contributed by atoms with Gasteiger partial charge in [-0.1, -0.05) is 30.3 Å². The first-order valence-corrected chi connectivity index (χ1v) is 6.55. The Morgan fingerprint density at radius 1 is 1.24 bits per heavy atom. The van der Waals surface area contributed by atoms with Crippen LogP contribution in [0.3, 0.4) is 0 Å². The van der Waals surface area contributed by atoms with E-state index in [1.807, 2.05) is 40.9 Å². The summed E-state index contributed by atoms with van der Waals surface area (Å²) in [6, 6.07) is 13.5. The molecule has 3 aromatic rings. The first kappa shape index (κ1) is 13.3. The van der Waals surface area contributed by atoms with Gasteiger partial charge in [-0.25, -0.2) is 10.0 Å². The van der Waals surface area contributed by atoms with Crippen LogP contribution in [0.4, 0.5) is 0 Å². The van der Waals surface area contributed by atoms with Crippen molar-refractivity contribution in [2.24, 2.45) is 0 Å². The van der Waals surface area contributed by atoms with Crippen molar-refractivity contribution in [3.63, 3.8) is 0 Å². The Balaban J connectivity index is 2.04. The maximum absolute atomic E-state index is 12.1. The van der Waals surface area contributed by atoms with Gasteiger partial charge >= 0.3 is 0 Å². The Bertz CT molecular complexity index is 781. The number of pyridine rings is 1. The van der Waals surface area contributed by atoms with E-state index in [4.69, 9.17) is 4.84 Å². The molecule has 1 aromatic carbocycles. The molecule has 0 atom stereocenters. The predicted octanol–water partition coefficient (Wildman–Crippen LogP) is 2.63. The predicted molar refractivity (Wildman–Crippen MR) is 79.7 cm³/mol. The highest BCUT2D eigenvalue weighted by Crippen LogP contribution is 2.20. The number of rotatable bonds is 3. The fourth-order valence-electron chi connectivity index (χ4n) is 2.20. The van der Waals surface area contributed by atoms with Crippen molar-refractivity contribution in [2.45, 2.75) is 0 Å². The van der Waals surface area contributed by atoms with Gasteiger partial charge in [0, 0.05) is 24.4 Å². The minimum absolute atomic E-state index is 0.192. The molecule has 3 rings (SSSR count). The zero-order chi connectivity index (χ0) is 14.8. The molecule has 1 amide bonds. The molecule has 0 aliphatic carbocycles. The molecule has 0 saturated carbocycles. The third-order valence-corrected chi connectivity index (χ3v) is 3.37. The molecule has 0 spiro atoms. The summed E-state index contributed by atoms with van der Waals surface area (Å²) in [4.78, 5) is 21.4. The molecule has 21 heavy (non-hydrogen) atoms. The number of benzene rings is 1. The van der Waals surface area contributed by atoms with Gasteiger partial charge in [0.05, 0.1) is 18.8 Å². The van der Waals surface area contributed by atoms with Crippen LogP contribution in [0.2, 0.25) is 0 Å². The molecule has 0 fully saturated rings. The first-order chi connectivity index (χ1) is 10.2. The lowest BCUT2D eigenvalue weighted by Crippen LogP contribution is -2.25. The topological polar surface area (TPSA) is 46.8 Å². The van der Waals surface area contributed by atoms with Crippen molar-refractivity contribution in [3.05, 3.63) is 60.4 Å². The van der Waals surface area contributed by atoms with Crippen LogP contribution in [0.15, 0.2) is 54.9 Å². The number of carbonyl (C=O) groups excluding carboxylic acids is 1. The van der Waals surface area contributed by atoms with Crippen molar-refractivity contribution >= 4 is 11.4 Å². The second-order valence-electron chi connectivity index (χ2n) is 4.64. The van der Waals surface area contributed by atoms with Gasteiger partial charge in [0.2, 0.25) is 0 Å². The highest BCUT2D eigenvalue weighted by Gasteiger charge is 2.13. The summed E-state index contributed by atoms with van der Waals surface area (Å²) in [5.41, 5.74) is 2.46.